The highest BCUT2D eigenvalue weighted by molar-refractivity contribution is 5.95. The van der Waals surface area contributed by atoms with Crippen LogP contribution < -0.4 is 5.32 Å². The van der Waals surface area contributed by atoms with E-state index in [-0.39, 0.29) is 0 Å². The molecule has 1 aromatic rings. The van der Waals surface area contributed by atoms with E-state index in [4.69, 9.17) is 4.42 Å². The van der Waals surface area contributed by atoms with Gasteiger partial charge in [0.15, 0.2) is 5.84 Å². The van der Waals surface area contributed by atoms with Crippen LogP contribution in [0.3, 0.4) is 0 Å². The molecule has 0 amide bonds. The summed E-state index contributed by atoms with van der Waals surface area (Å²) in [4.78, 5) is 4.16. The van der Waals surface area contributed by atoms with Crippen LogP contribution in [0.4, 0.5) is 0 Å². The van der Waals surface area contributed by atoms with Crippen molar-refractivity contribution in [1.82, 2.24) is 15.5 Å². The van der Waals surface area contributed by atoms with Gasteiger partial charge < -0.3 is 9.73 Å². The summed E-state index contributed by atoms with van der Waals surface area (Å²) in [5, 5.41) is 10.8. The molecule has 0 radical (unpaired) electrons. The van der Waals surface area contributed by atoms with Crippen LogP contribution in [-0.2, 0) is 6.42 Å². The fourth-order valence-corrected chi connectivity index (χ4v) is 1.03. The molecule has 0 aliphatic carbocycles. The van der Waals surface area contributed by atoms with Crippen LogP contribution >= 0.6 is 0 Å². The van der Waals surface area contributed by atoms with Crippen LogP contribution in [0.25, 0.3) is 0 Å². The van der Waals surface area contributed by atoms with E-state index >= 15 is 0 Å². The molecule has 5 heteroatoms. The highest BCUT2D eigenvalue weighted by Crippen LogP contribution is 2.02. The van der Waals surface area contributed by atoms with Crippen molar-refractivity contribution in [2.75, 3.05) is 13.1 Å². The lowest BCUT2D eigenvalue weighted by Gasteiger charge is -1.92. The lowest BCUT2D eigenvalue weighted by molar-refractivity contribution is 0.490. The number of amidine groups is 1. The Morgan fingerprint density at radius 3 is 3.00 bits per heavy atom. The first kappa shape index (κ1) is 7.27. The molecule has 0 unspecified atom stereocenters. The molecular formula is C7H10N4O. The smallest absolute Gasteiger partial charge is 0.282 e. The molecule has 1 N–H and O–H groups in total. The van der Waals surface area contributed by atoms with Gasteiger partial charge >= 0.3 is 0 Å². The van der Waals surface area contributed by atoms with Crippen molar-refractivity contribution in [2.24, 2.45) is 4.99 Å². The lowest BCUT2D eigenvalue weighted by atomic mass is 10.5. The maximum Gasteiger partial charge on any atom is 0.282 e. The Balaban J connectivity index is 2.22. The summed E-state index contributed by atoms with van der Waals surface area (Å²) in [5.41, 5.74) is 0. The molecule has 0 saturated heterocycles. The average molecular weight is 166 g/mol. The summed E-state index contributed by atoms with van der Waals surface area (Å²) < 4.78 is 5.30. The monoisotopic (exact) mass is 166 g/mol. The van der Waals surface area contributed by atoms with E-state index in [9.17, 15) is 0 Å². The third-order valence-electron chi connectivity index (χ3n) is 1.65. The molecule has 0 saturated carbocycles. The summed E-state index contributed by atoms with van der Waals surface area (Å²) in [6.07, 6.45) is 0.764. The molecule has 0 bridgehead atoms. The highest BCUT2D eigenvalue weighted by atomic mass is 16.4. The van der Waals surface area contributed by atoms with Crippen LogP contribution in [0, 0.1) is 0 Å². The molecule has 0 spiro atoms. The van der Waals surface area contributed by atoms with Gasteiger partial charge in [-0.3, -0.25) is 4.99 Å². The number of aliphatic imine (C=N–C) groups is 1. The second-order valence-electron chi connectivity index (χ2n) is 2.51. The van der Waals surface area contributed by atoms with Gasteiger partial charge in [0.25, 0.3) is 5.89 Å². The fraction of sp³-hybridized carbons (Fsp3) is 0.571. The van der Waals surface area contributed by atoms with Crippen molar-refractivity contribution in [1.29, 1.82) is 0 Å². The van der Waals surface area contributed by atoms with Crippen LogP contribution in [0.1, 0.15) is 18.7 Å². The lowest BCUT2D eigenvalue weighted by Crippen LogP contribution is -2.19. The first-order valence-electron chi connectivity index (χ1n) is 4.01. The Hall–Kier alpha value is -1.39. The summed E-state index contributed by atoms with van der Waals surface area (Å²) in [6, 6.07) is 0. The van der Waals surface area contributed by atoms with Crippen molar-refractivity contribution in [2.45, 2.75) is 13.3 Å². The zero-order valence-corrected chi connectivity index (χ0v) is 6.87. The van der Waals surface area contributed by atoms with Crippen molar-refractivity contribution >= 4 is 5.84 Å². The number of hydrogen-bond acceptors (Lipinski definition) is 5. The standard InChI is InChI=1S/C7H10N4O/c1-2-5-10-11-7(12-5)6-8-3-4-9-6/h2-4H2,1H3,(H,8,9). The molecule has 0 fully saturated rings. The van der Waals surface area contributed by atoms with Gasteiger partial charge in [0.2, 0.25) is 5.89 Å². The third-order valence-corrected chi connectivity index (χ3v) is 1.65. The summed E-state index contributed by atoms with van der Waals surface area (Å²) in [6.45, 7) is 3.62. The predicted molar refractivity (Wildman–Crippen MR) is 43.1 cm³/mol. The Morgan fingerprint density at radius 2 is 2.42 bits per heavy atom. The molecule has 2 heterocycles. The van der Waals surface area contributed by atoms with Crippen LogP contribution in [0.5, 0.6) is 0 Å². The molecule has 64 valence electrons. The largest absolute Gasteiger partial charge is 0.418 e. The number of nitrogens with one attached hydrogen (secondary N) is 1. The molecule has 0 atom stereocenters. The quantitative estimate of drug-likeness (QED) is 0.670. The van der Waals surface area contributed by atoms with E-state index in [0.29, 0.717) is 11.8 Å². The van der Waals surface area contributed by atoms with Gasteiger partial charge in [-0.15, -0.1) is 10.2 Å². The molecule has 1 aliphatic rings. The predicted octanol–water partition coefficient (Wildman–Crippen LogP) is -0.0182. The zero-order valence-electron chi connectivity index (χ0n) is 6.87. The summed E-state index contributed by atoms with van der Waals surface area (Å²) >= 11 is 0. The zero-order chi connectivity index (χ0) is 8.39. The van der Waals surface area contributed by atoms with E-state index in [0.717, 1.165) is 25.3 Å². The minimum Gasteiger partial charge on any atom is -0.418 e. The van der Waals surface area contributed by atoms with Gasteiger partial charge in [-0.05, 0) is 0 Å². The number of aromatic nitrogens is 2. The first-order valence-corrected chi connectivity index (χ1v) is 4.01. The Labute approximate surface area is 69.9 Å². The van der Waals surface area contributed by atoms with E-state index in [1.807, 2.05) is 6.92 Å². The maximum absolute atomic E-state index is 5.30. The van der Waals surface area contributed by atoms with Gasteiger partial charge in [-0.1, -0.05) is 6.92 Å². The Kier molecular flexibility index (Phi) is 1.77. The molecule has 1 aromatic heterocycles. The molecule has 1 aliphatic heterocycles. The third kappa shape index (κ3) is 1.17. The van der Waals surface area contributed by atoms with Gasteiger partial charge in [0, 0.05) is 13.0 Å². The Morgan fingerprint density at radius 1 is 1.50 bits per heavy atom. The molecule has 2 rings (SSSR count). The second-order valence-corrected chi connectivity index (χ2v) is 2.51. The molecule has 0 aromatic carbocycles. The second kappa shape index (κ2) is 2.92. The summed E-state index contributed by atoms with van der Waals surface area (Å²) in [5.74, 6) is 1.88. The van der Waals surface area contributed by atoms with Gasteiger partial charge in [0.05, 0.1) is 6.54 Å². The SMILES string of the molecule is CCc1nnc(C2=NCCN2)o1. The number of aryl methyl sites for hydroxylation is 1. The molecule has 12 heavy (non-hydrogen) atoms. The van der Waals surface area contributed by atoms with Gasteiger partial charge in [-0.25, -0.2) is 0 Å². The van der Waals surface area contributed by atoms with Gasteiger partial charge in [-0.2, -0.15) is 0 Å². The molecular weight excluding hydrogens is 156 g/mol. The van der Waals surface area contributed by atoms with E-state index in [2.05, 4.69) is 20.5 Å². The number of nitrogens with zero attached hydrogens (tertiary/aromatic N) is 3. The topological polar surface area (TPSA) is 63.3 Å². The normalized spacial score (nSPS) is 15.9. The van der Waals surface area contributed by atoms with Crippen LogP contribution in [0.2, 0.25) is 0 Å². The Bertz CT molecular complexity index is 304. The van der Waals surface area contributed by atoms with Crippen LogP contribution in [-0.4, -0.2) is 29.1 Å². The van der Waals surface area contributed by atoms with Crippen LogP contribution in [0.15, 0.2) is 9.41 Å². The number of hydrogen-bond donors (Lipinski definition) is 1. The van der Waals surface area contributed by atoms with Crippen molar-refractivity contribution < 1.29 is 4.42 Å². The minimum atomic E-state index is 0.504. The minimum absolute atomic E-state index is 0.504. The van der Waals surface area contributed by atoms with Gasteiger partial charge in [0.1, 0.15) is 0 Å². The van der Waals surface area contributed by atoms with Crippen molar-refractivity contribution in [3.63, 3.8) is 0 Å². The fourth-order valence-electron chi connectivity index (χ4n) is 1.03. The van der Waals surface area contributed by atoms with E-state index in [1.54, 1.807) is 0 Å². The van der Waals surface area contributed by atoms with Crippen molar-refractivity contribution in [3.8, 4) is 0 Å². The maximum atomic E-state index is 5.30. The van der Waals surface area contributed by atoms with Crippen molar-refractivity contribution in [3.05, 3.63) is 11.8 Å². The summed E-state index contributed by atoms with van der Waals surface area (Å²) in [7, 11) is 0. The average Bonchev–Trinajstić information content (AvgIpc) is 2.75. The molecule has 5 nitrogen and oxygen atoms in total. The van der Waals surface area contributed by atoms with E-state index in [1.165, 1.54) is 0 Å². The number of rotatable bonds is 2. The van der Waals surface area contributed by atoms with E-state index < -0.39 is 0 Å². The first-order chi connectivity index (χ1) is 5.90. The highest BCUT2D eigenvalue weighted by Gasteiger charge is 2.14.